The Morgan fingerprint density at radius 3 is 2.17 bits per heavy atom. The van der Waals surface area contributed by atoms with Crippen LogP contribution in [0.15, 0.2) is 27.4 Å². The van der Waals surface area contributed by atoms with Crippen molar-refractivity contribution in [3.8, 4) is 0 Å². The third-order valence-corrected chi connectivity index (χ3v) is 11.1. The predicted octanol–water partition coefficient (Wildman–Crippen LogP) is 5.42. The summed E-state index contributed by atoms with van der Waals surface area (Å²) in [5, 5.41) is 0.518. The first-order chi connectivity index (χ1) is 13.9. The second-order valence-electron chi connectivity index (χ2n) is 6.12. The minimum absolute atomic E-state index is 0.310. The Balaban J connectivity index is 0.000000424. The zero-order chi connectivity index (χ0) is 23.1. The topological polar surface area (TPSA) is 77.1 Å². The van der Waals surface area contributed by atoms with Crippen molar-refractivity contribution in [1.82, 2.24) is 13.9 Å². The summed E-state index contributed by atoms with van der Waals surface area (Å²) in [5.74, 6) is -0.139. The van der Waals surface area contributed by atoms with E-state index in [1.807, 2.05) is 13.8 Å². The molecule has 172 valence electrons. The Morgan fingerprint density at radius 1 is 1.20 bits per heavy atom. The fraction of sp³-hybridized carbons (Fsp3) is 0.562. The average Bonchev–Trinajstić information content (AvgIpc) is 2.95. The minimum atomic E-state index is -3.67. The van der Waals surface area contributed by atoms with E-state index in [2.05, 4.69) is 0 Å². The van der Waals surface area contributed by atoms with Gasteiger partial charge in [0.25, 0.3) is 0 Å². The van der Waals surface area contributed by atoms with Crippen molar-refractivity contribution < 1.29 is 22.2 Å². The van der Waals surface area contributed by atoms with E-state index in [4.69, 9.17) is 36.9 Å². The molecule has 0 saturated carbocycles. The number of nitrogens with zero attached hydrogens (tertiary/aromatic N) is 3. The lowest BCUT2D eigenvalue weighted by Crippen LogP contribution is -2.17. The number of oxazole rings is 1. The van der Waals surface area contributed by atoms with Gasteiger partial charge in [0, 0.05) is 11.1 Å². The van der Waals surface area contributed by atoms with Crippen LogP contribution < -0.4 is 5.76 Å². The normalized spacial score (nSPS) is 12.5. The Hall–Kier alpha value is -0.220. The second-order valence-corrected chi connectivity index (χ2v) is 15.4. The summed E-state index contributed by atoms with van der Waals surface area (Å²) in [7, 11) is 2.11. The molecule has 0 N–H and O–H groups in total. The summed E-state index contributed by atoms with van der Waals surface area (Å²) < 4.78 is 43.4. The van der Waals surface area contributed by atoms with Gasteiger partial charge in [-0.3, -0.25) is 9.13 Å². The van der Waals surface area contributed by atoms with Gasteiger partial charge in [0.1, 0.15) is 0 Å². The van der Waals surface area contributed by atoms with Gasteiger partial charge in [-0.15, -0.1) is 0 Å². The molecule has 14 heteroatoms. The molecule has 0 amide bonds. The largest absolute Gasteiger partial charge is 0.420 e. The van der Waals surface area contributed by atoms with Crippen LogP contribution in [0.25, 0.3) is 11.1 Å². The number of hydrogen-bond acceptors (Lipinski definition) is 7. The maximum absolute atomic E-state index is 12.7. The molecule has 2 aromatic rings. The predicted molar refractivity (Wildman–Crippen MR) is 127 cm³/mol. The molecule has 0 bridgehead atoms. The van der Waals surface area contributed by atoms with Gasteiger partial charge in [0.2, 0.25) is 5.69 Å². The summed E-state index contributed by atoms with van der Waals surface area (Å²) in [5.41, 5.74) is -1.32. The maximum atomic E-state index is 12.7. The highest BCUT2D eigenvalue weighted by Gasteiger charge is 2.26. The van der Waals surface area contributed by atoms with Gasteiger partial charge in [0.05, 0.1) is 24.6 Å². The van der Waals surface area contributed by atoms with Crippen LogP contribution in [0.1, 0.15) is 13.8 Å². The van der Waals surface area contributed by atoms with Crippen molar-refractivity contribution in [2.24, 2.45) is 0 Å². The molecular weight excluding hydrogens is 495 g/mol. The molecule has 0 fully saturated rings. The van der Waals surface area contributed by atoms with Gasteiger partial charge in [-0.1, -0.05) is 11.6 Å². The summed E-state index contributed by atoms with van der Waals surface area (Å²) >= 11 is 12.6. The fourth-order valence-corrected chi connectivity index (χ4v) is 7.22. The van der Waals surface area contributed by atoms with Gasteiger partial charge in [-0.05, 0) is 77.4 Å². The zero-order valence-corrected chi connectivity index (χ0v) is 21.9. The SMILES string of the molecule is CCOP(=S)(OCC)SCn1c(=O)oc2cc(Cl)ccc21.CN(C)P(=O)(F)N(C)C. The molecule has 0 aliphatic rings. The number of benzene rings is 1. The molecule has 1 aromatic carbocycles. The molecule has 8 nitrogen and oxygen atoms in total. The molecule has 0 aliphatic carbocycles. The summed E-state index contributed by atoms with van der Waals surface area (Å²) in [4.78, 5) is 11.9. The van der Waals surface area contributed by atoms with E-state index in [1.54, 1.807) is 18.2 Å². The molecule has 1 aromatic heterocycles. The maximum Gasteiger partial charge on any atom is 0.420 e. The molecule has 0 spiro atoms. The molecule has 30 heavy (non-hydrogen) atoms. The van der Waals surface area contributed by atoms with Gasteiger partial charge < -0.3 is 13.5 Å². The van der Waals surface area contributed by atoms with Crippen LogP contribution in [0.3, 0.4) is 0 Å². The first kappa shape index (κ1) is 27.8. The third kappa shape index (κ3) is 7.73. The van der Waals surface area contributed by atoms with Gasteiger partial charge in [-0.25, -0.2) is 14.1 Å². The molecule has 0 aliphatic heterocycles. The minimum Gasteiger partial charge on any atom is -0.408 e. The molecule has 1 heterocycles. The summed E-state index contributed by atoms with van der Waals surface area (Å²) in [6.07, 6.45) is 0. The highest BCUT2D eigenvalue weighted by Crippen LogP contribution is 2.61. The first-order valence-corrected chi connectivity index (χ1v) is 15.0. The lowest BCUT2D eigenvalue weighted by Gasteiger charge is -2.21. The van der Waals surface area contributed by atoms with Gasteiger partial charge in [-0.2, -0.15) is 4.20 Å². The van der Waals surface area contributed by atoms with Crippen LogP contribution in [0.4, 0.5) is 4.20 Å². The fourth-order valence-electron chi connectivity index (χ4n) is 2.08. The zero-order valence-electron chi connectivity index (χ0n) is 17.7. The number of aromatic nitrogens is 1. The number of fused-ring (bicyclic) bond motifs is 1. The van der Waals surface area contributed by atoms with E-state index < -0.39 is 19.2 Å². The standard InChI is InChI=1S/C12H15ClNO4PS2.C4H12FN2OP/c1-3-16-19(20,17-4-2)21-8-14-10-6-5-9(13)7-11(10)18-12(14)15;1-6(2)9(5,8)7(3)4/h5-7H,3-4,8H2,1-2H3;1-4H3. The number of hydrogen-bond donors (Lipinski definition) is 0. The van der Waals surface area contributed by atoms with Crippen molar-refractivity contribution in [2.75, 3.05) is 41.4 Å². The lowest BCUT2D eigenvalue weighted by molar-refractivity contribution is 0.280. The Labute approximate surface area is 190 Å². The molecular formula is C16H27ClFN3O5P2S2. The van der Waals surface area contributed by atoms with Gasteiger partial charge >= 0.3 is 13.5 Å². The van der Waals surface area contributed by atoms with E-state index in [0.717, 1.165) is 9.34 Å². The second kappa shape index (κ2) is 12.1. The van der Waals surface area contributed by atoms with Crippen molar-refractivity contribution in [3.05, 3.63) is 33.8 Å². The molecule has 0 saturated heterocycles. The van der Waals surface area contributed by atoms with E-state index in [0.29, 0.717) is 35.2 Å². The molecule has 2 rings (SSSR count). The quantitative estimate of drug-likeness (QED) is 0.402. The van der Waals surface area contributed by atoms with E-state index in [1.165, 1.54) is 44.1 Å². The first-order valence-electron chi connectivity index (χ1n) is 8.85. The van der Waals surface area contributed by atoms with Crippen LogP contribution >= 0.6 is 36.4 Å². The molecule has 0 unspecified atom stereocenters. The smallest absolute Gasteiger partial charge is 0.408 e. The van der Waals surface area contributed by atoms with Crippen LogP contribution in [0.2, 0.25) is 5.02 Å². The summed E-state index contributed by atoms with van der Waals surface area (Å²) in [6.45, 7) is 4.67. The number of halogens is 2. The van der Waals surface area contributed by atoms with Crippen molar-refractivity contribution >= 4 is 59.3 Å². The highest BCUT2D eigenvalue weighted by atomic mass is 35.5. The van der Waals surface area contributed by atoms with Crippen molar-refractivity contribution in [2.45, 2.75) is 19.7 Å². The Morgan fingerprint density at radius 2 is 1.73 bits per heavy atom. The van der Waals surface area contributed by atoms with Crippen molar-refractivity contribution in [1.29, 1.82) is 0 Å². The lowest BCUT2D eigenvalue weighted by atomic mass is 10.3. The summed E-state index contributed by atoms with van der Waals surface area (Å²) in [6, 6.07) is 5.07. The van der Waals surface area contributed by atoms with E-state index in [-0.39, 0.29) is 0 Å². The Bertz CT molecular complexity index is 963. The van der Waals surface area contributed by atoms with Crippen LogP contribution in [-0.2, 0) is 31.3 Å². The van der Waals surface area contributed by atoms with E-state index in [9.17, 15) is 13.6 Å². The third-order valence-electron chi connectivity index (χ3n) is 3.54. The van der Waals surface area contributed by atoms with Gasteiger partial charge in [0.15, 0.2) is 5.58 Å². The van der Waals surface area contributed by atoms with Crippen molar-refractivity contribution in [3.63, 3.8) is 0 Å². The van der Waals surface area contributed by atoms with Crippen LogP contribution in [0, 0.1) is 0 Å². The monoisotopic (exact) mass is 521 g/mol. The van der Waals surface area contributed by atoms with Crippen LogP contribution in [0.5, 0.6) is 0 Å². The average molecular weight is 522 g/mol. The highest BCUT2D eigenvalue weighted by molar-refractivity contribution is 8.67. The molecule has 0 atom stereocenters. The Kier molecular flexibility index (Phi) is 11.3. The number of rotatable bonds is 9. The molecule has 0 radical (unpaired) electrons. The van der Waals surface area contributed by atoms with E-state index >= 15 is 0 Å². The van der Waals surface area contributed by atoms with Crippen LogP contribution in [-0.4, -0.2) is 55.3 Å².